The number of ketones is 4. The molecule has 12 nitrogen and oxygen atoms in total. The quantitative estimate of drug-likeness (QED) is 0.244. The van der Waals surface area contributed by atoms with E-state index in [2.05, 4.69) is 5.32 Å². The van der Waals surface area contributed by atoms with Gasteiger partial charge in [-0.3, -0.25) is 33.7 Å². The summed E-state index contributed by atoms with van der Waals surface area (Å²) < 4.78 is 0.681. The molecule has 2 unspecified atom stereocenters. The van der Waals surface area contributed by atoms with Gasteiger partial charge in [0.25, 0.3) is 5.91 Å². The fourth-order valence-electron chi connectivity index (χ4n) is 7.31. The highest BCUT2D eigenvalue weighted by molar-refractivity contribution is 6.32. The Balaban J connectivity index is 1.54. The van der Waals surface area contributed by atoms with Crippen LogP contribution in [0.1, 0.15) is 32.7 Å². The first-order chi connectivity index (χ1) is 21.0. The lowest BCUT2D eigenvalue weighted by atomic mass is 9.52. The molecule has 0 spiro atoms. The summed E-state index contributed by atoms with van der Waals surface area (Å²) >= 11 is 0. The third-order valence-corrected chi connectivity index (χ3v) is 9.45. The predicted octanol–water partition coefficient (Wildman–Crippen LogP) is -0.0300. The highest BCUT2D eigenvalue weighted by Crippen LogP contribution is 2.51. The second kappa shape index (κ2) is 11.3. The lowest BCUT2D eigenvalue weighted by Crippen LogP contribution is -2.74. The van der Waals surface area contributed by atoms with E-state index in [1.165, 1.54) is 25.1 Å². The minimum Gasteiger partial charge on any atom is -0.507 e. The molecule has 6 atom stereocenters. The monoisotopic (exact) mass is 619 g/mol. The summed E-state index contributed by atoms with van der Waals surface area (Å²) in [5.74, 6) is -11.3. The number of quaternary nitrogens is 1. The summed E-state index contributed by atoms with van der Waals surface area (Å²) in [6.45, 7) is 1.20. The summed E-state index contributed by atoms with van der Waals surface area (Å²) in [6, 6.07) is 8.67. The van der Waals surface area contributed by atoms with E-state index in [-0.39, 0.29) is 30.1 Å². The van der Waals surface area contributed by atoms with Crippen LogP contribution in [0.2, 0.25) is 0 Å². The van der Waals surface area contributed by atoms with E-state index >= 15 is 0 Å². The second-order valence-corrected chi connectivity index (χ2v) is 13.6. The fourth-order valence-corrected chi connectivity index (χ4v) is 7.31. The Labute approximate surface area is 260 Å². The van der Waals surface area contributed by atoms with E-state index in [9.17, 15) is 39.0 Å². The number of Topliss-reactive ketones (excluding diaryl/α,β-unsaturated/α-hetero) is 4. The van der Waals surface area contributed by atoms with Gasteiger partial charge >= 0.3 is 0 Å². The van der Waals surface area contributed by atoms with Gasteiger partial charge in [0, 0.05) is 11.5 Å². The maximum atomic E-state index is 14.0. The number of aliphatic hydroxyl groups is 1. The van der Waals surface area contributed by atoms with Crippen molar-refractivity contribution < 1.29 is 43.5 Å². The maximum absolute atomic E-state index is 14.0. The largest absolute Gasteiger partial charge is 0.507 e. The summed E-state index contributed by atoms with van der Waals surface area (Å²) in [6.07, 6.45) is 0.0726. The number of primary amides is 1. The number of benzene rings is 2. The number of nitrogens with two attached hydrogens (primary N) is 1. The van der Waals surface area contributed by atoms with Crippen molar-refractivity contribution in [2.75, 3.05) is 48.3 Å². The average Bonchev–Trinajstić information content (AvgIpc) is 2.94. The molecular formula is C33H39N4O8+. The zero-order valence-electron chi connectivity index (χ0n) is 26.0. The molecule has 0 aliphatic heterocycles. The predicted molar refractivity (Wildman–Crippen MR) is 162 cm³/mol. The van der Waals surface area contributed by atoms with Gasteiger partial charge in [0.15, 0.2) is 34.7 Å². The van der Waals surface area contributed by atoms with Crippen LogP contribution in [0.5, 0.6) is 5.75 Å². The zero-order chi connectivity index (χ0) is 33.2. The number of amides is 2. The van der Waals surface area contributed by atoms with Gasteiger partial charge in [0.05, 0.1) is 51.8 Å². The van der Waals surface area contributed by atoms with Crippen molar-refractivity contribution in [1.29, 1.82) is 0 Å². The van der Waals surface area contributed by atoms with E-state index in [0.717, 1.165) is 6.54 Å². The summed E-state index contributed by atoms with van der Waals surface area (Å²) in [5, 5.41) is 25.5. The normalized spacial score (nSPS) is 27.9. The number of carbonyl (C=O) groups is 6. The van der Waals surface area contributed by atoms with Gasteiger partial charge in [-0.1, -0.05) is 18.2 Å². The van der Waals surface area contributed by atoms with Gasteiger partial charge in [-0.15, -0.1) is 0 Å². The number of carbonyl (C=O) groups excluding carboxylic acids is 6. The lowest BCUT2D eigenvalue weighted by Gasteiger charge is -2.52. The molecule has 0 aromatic heterocycles. The number of hydrogen-bond donors (Lipinski definition) is 4. The van der Waals surface area contributed by atoms with E-state index in [1.54, 1.807) is 30.3 Å². The van der Waals surface area contributed by atoms with Gasteiger partial charge in [-0.2, -0.15) is 0 Å². The molecule has 2 aromatic rings. The number of hydrogen-bond acceptors (Lipinski definition) is 9. The van der Waals surface area contributed by atoms with Crippen LogP contribution in [0, 0.1) is 23.7 Å². The average molecular weight is 620 g/mol. The number of rotatable bonds is 7. The SMILES string of the molecule is CN(C)[C@@H]1C(=O)C(C(N)=O)C(=O)[C@@]2(O)C(=O)C3C(=O)c4c(O)ccc(-c5cccc(C(=O)NCC[N+](C)(C)C)c5)c4C[C@H]3C[C@@H]12. The number of likely N-dealkylation sites (N-methyl/N-ethyl adjacent to an activating group) is 2. The van der Waals surface area contributed by atoms with Crippen LogP contribution in [0.4, 0.5) is 0 Å². The Morgan fingerprint density at radius 2 is 1.76 bits per heavy atom. The van der Waals surface area contributed by atoms with Crippen molar-refractivity contribution in [3.63, 3.8) is 0 Å². The van der Waals surface area contributed by atoms with E-state index in [4.69, 9.17) is 5.73 Å². The van der Waals surface area contributed by atoms with Crippen LogP contribution >= 0.6 is 0 Å². The van der Waals surface area contributed by atoms with Gasteiger partial charge in [0.1, 0.15) is 5.75 Å². The molecule has 2 amide bonds. The van der Waals surface area contributed by atoms with Crippen molar-refractivity contribution in [3.8, 4) is 16.9 Å². The minimum absolute atomic E-state index is 0.0479. The maximum Gasteiger partial charge on any atom is 0.251 e. The van der Waals surface area contributed by atoms with E-state index < -0.39 is 64.4 Å². The molecule has 5 rings (SSSR count). The molecule has 45 heavy (non-hydrogen) atoms. The Hall–Kier alpha value is -4.26. The van der Waals surface area contributed by atoms with Crippen molar-refractivity contribution in [2.24, 2.45) is 29.4 Å². The highest BCUT2D eigenvalue weighted by Gasteiger charge is 2.69. The zero-order valence-corrected chi connectivity index (χ0v) is 26.0. The number of phenols is 1. The van der Waals surface area contributed by atoms with Gasteiger partial charge < -0.3 is 25.7 Å². The Morgan fingerprint density at radius 1 is 1.07 bits per heavy atom. The molecule has 12 heteroatoms. The van der Waals surface area contributed by atoms with Crippen LogP contribution in [-0.2, 0) is 25.6 Å². The van der Waals surface area contributed by atoms with Crippen molar-refractivity contribution in [2.45, 2.75) is 24.5 Å². The molecular weight excluding hydrogens is 580 g/mol. The molecule has 3 aliphatic rings. The number of aromatic hydroxyl groups is 1. The third kappa shape index (κ3) is 5.26. The highest BCUT2D eigenvalue weighted by atomic mass is 16.3. The molecule has 0 saturated heterocycles. The van der Waals surface area contributed by atoms with Crippen molar-refractivity contribution in [1.82, 2.24) is 10.2 Å². The first-order valence-corrected chi connectivity index (χ1v) is 14.9. The second-order valence-electron chi connectivity index (χ2n) is 13.6. The topological polar surface area (TPSA) is 184 Å². The fraction of sp³-hybridized carbons (Fsp3) is 0.455. The molecule has 0 bridgehead atoms. The lowest BCUT2D eigenvalue weighted by molar-refractivity contribution is -0.869. The number of nitrogens with zero attached hydrogens (tertiary/aromatic N) is 2. The first kappa shape index (κ1) is 32.1. The van der Waals surface area contributed by atoms with Gasteiger partial charge in [0.2, 0.25) is 5.91 Å². The molecule has 2 saturated carbocycles. The smallest absolute Gasteiger partial charge is 0.251 e. The van der Waals surface area contributed by atoms with Crippen LogP contribution < -0.4 is 11.1 Å². The van der Waals surface area contributed by atoms with E-state index in [0.29, 0.717) is 33.3 Å². The minimum atomic E-state index is -2.78. The van der Waals surface area contributed by atoms with E-state index in [1.807, 2.05) is 21.1 Å². The summed E-state index contributed by atoms with van der Waals surface area (Å²) in [7, 11) is 9.15. The third-order valence-electron chi connectivity index (χ3n) is 9.45. The molecule has 2 fully saturated rings. The molecule has 3 aliphatic carbocycles. The Bertz CT molecular complexity index is 1640. The summed E-state index contributed by atoms with van der Waals surface area (Å²) in [5.41, 5.74) is 4.57. The number of phenolic OH excluding ortho intramolecular Hbond substituents is 1. The van der Waals surface area contributed by atoms with Crippen LogP contribution in [0.15, 0.2) is 36.4 Å². The number of fused-ring (bicyclic) bond motifs is 3. The van der Waals surface area contributed by atoms with Crippen LogP contribution in [0.25, 0.3) is 11.1 Å². The van der Waals surface area contributed by atoms with Gasteiger partial charge in [-0.25, -0.2) is 0 Å². The standard InChI is InChI=1S/C33H38N4O8/c1-36(2)26-21-15-18-14-20-19(16-7-6-8-17(13-16)32(44)35-11-12-37(3,4)5)9-10-22(38)24(20)27(39)23(18)29(41)33(21,45)30(42)25(28(26)40)31(34)43/h6-10,13,18,21,23,25-26,45H,11-12,14-15H2,1-5H3,(H3-,34,35,38,39,43,44)/p+1/t18-,21-,23?,25?,26-,33-/m0/s1. The van der Waals surface area contributed by atoms with Gasteiger partial charge in [-0.05, 0) is 67.7 Å². The molecule has 0 radical (unpaired) electrons. The van der Waals surface area contributed by atoms with Crippen molar-refractivity contribution >= 4 is 34.9 Å². The van der Waals surface area contributed by atoms with Crippen LogP contribution in [-0.4, -0.2) is 115 Å². The summed E-state index contributed by atoms with van der Waals surface area (Å²) in [4.78, 5) is 81.3. The molecule has 238 valence electrons. The van der Waals surface area contributed by atoms with Crippen LogP contribution in [0.3, 0.4) is 0 Å². The Morgan fingerprint density at radius 3 is 2.38 bits per heavy atom. The van der Waals surface area contributed by atoms with Crippen molar-refractivity contribution in [3.05, 3.63) is 53.1 Å². The first-order valence-electron chi connectivity index (χ1n) is 14.9. The molecule has 5 N–H and O–H groups in total. The molecule has 0 heterocycles. The number of nitrogens with one attached hydrogen (secondary N) is 1. The molecule has 2 aromatic carbocycles. The Kier molecular flexibility index (Phi) is 8.05.